The molecule has 1 aliphatic rings. The molecule has 23 heavy (non-hydrogen) atoms. The van der Waals surface area contributed by atoms with E-state index in [2.05, 4.69) is 20.4 Å². The molecule has 126 valence electrons. The van der Waals surface area contributed by atoms with Crippen LogP contribution in [0, 0.1) is 0 Å². The Bertz CT molecular complexity index is 698. The monoisotopic (exact) mass is 345 g/mol. The van der Waals surface area contributed by atoms with Crippen LogP contribution >= 0.6 is 11.6 Å². The van der Waals surface area contributed by atoms with E-state index in [-0.39, 0.29) is 17.7 Å². The molecule has 0 aliphatic carbocycles. The summed E-state index contributed by atoms with van der Waals surface area (Å²) in [5, 5.41) is 20.2. The summed E-state index contributed by atoms with van der Waals surface area (Å²) in [5.74, 6) is 0.280. The zero-order valence-corrected chi connectivity index (χ0v) is 13.1. The topological polar surface area (TPSA) is 124 Å². The predicted octanol–water partition coefficient (Wildman–Crippen LogP) is -0.281. The minimum atomic E-state index is -1.17. The normalized spacial score (nSPS) is 27.7. The Labute approximate surface area is 135 Å². The van der Waals surface area contributed by atoms with E-state index in [1.54, 1.807) is 0 Å². The molecule has 1 saturated heterocycles. The Hall–Kier alpha value is -1.56. The summed E-state index contributed by atoms with van der Waals surface area (Å²) in [5.41, 5.74) is 3.28. The van der Waals surface area contributed by atoms with Crippen molar-refractivity contribution in [3.8, 4) is 0 Å². The molecular formula is C12H16ClN5O5. The average molecular weight is 346 g/mol. The second-order valence-electron chi connectivity index (χ2n) is 4.97. The zero-order chi connectivity index (χ0) is 16.6. The summed E-state index contributed by atoms with van der Waals surface area (Å²) in [6, 6.07) is 0. The van der Waals surface area contributed by atoms with Crippen LogP contribution in [0.3, 0.4) is 0 Å². The molecule has 0 radical (unpaired) electrons. The Balaban J connectivity index is 2.00. The lowest BCUT2D eigenvalue weighted by Crippen LogP contribution is -2.33. The van der Waals surface area contributed by atoms with Crippen LogP contribution in [0.2, 0.25) is 5.28 Å². The van der Waals surface area contributed by atoms with Gasteiger partial charge in [0.25, 0.3) is 0 Å². The van der Waals surface area contributed by atoms with Gasteiger partial charge in [-0.2, -0.15) is 9.97 Å². The molecule has 0 aromatic carbocycles. The van der Waals surface area contributed by atoms with Crippen molar-refractivity contribution in [1.82, 2.24) is 19.5 Å². The Morgan fingerprint density at radius 1 is 1.35 bits per heavy atom. The molecule has 1 aliphatic heterocycles. The highest BCUT2D eigenvalue weighted by atomic mass is 35.5. The Morgan fingerprint density at radius 3 is 2.83 bits per heavy atom. The number of methoxy groups -OCH3 is 1. The van der Waals surface area contributed by atoms with E-state index in [4.69, 9.17) is 25.9 Å². The largest absolute Gasteiger partial charge is 0.387 e. The Morgan fingerprint density at radius 2 is 2.13 bits per heavy atom. The minimum Gasteiger partial charge on any atom is -0.387 e. The summed E-state index contributed by atoms with van der Waals surface area (Å²) in [6.45, 7) is 0.146. The van der Waals surface area contributed by atoms with Crippen LogP contribution in [-0.2, 0) is 14.3 Å². The second kappa shape index (κ2) is 6.51. The van der Waals surface area contributed by atoms with Crippen molar-refractivity contribution < 1.29 is 24.5 Å². The van der Waals surface area contributed by atoms with Crippen molar-refractivity contribution in [2.45, 2.75) is 24.5 Å². The van der Waals surface area contributed by atoms with E-state index in [9.17, 15) is 10.2 Å². The van der Waals surface area contributed by atoms with Gasteiger partial charge in [0.2, 0.25) is 5.28 Å². The maximum absolute atomic E-state index is 10.2. The van der Waals surface area contributed by atoms with Crippen LogP contribution < -0.4 is 5.48 Å². The van der Waals surface area contributed by atoms with Gasteiger partial charge in [-0.05, 0) is 11.6 Å². The van der Waals surface area contributed by atoms with Crippen LogP contribution in [0.15, 0.2) is 6.33 Å². The predicted molar refractivity (Wildman–Crippen MR) is 78.8 cm³/mol. The highest BCUT2D eigenvalue weighted by molar-refractivity contribution is 6.28. The molecule has 2 aromatic heterocycles. The molecule has 10 nitrogen and oxygen atoms in total. The molecular weight excluding hydrogens is 330 g/mol. The van der Waals surface area contributed by atoms with Crippen molar-refractivity contribution in [2.24, 2.45) is 0 Å². The fraction of sp³-hybridized carbons (Fsp3) is 0.583. The molecule has 1 fully saturated rings. The quantitative estimate of drug-likeness (QED) is 0.495. The van der Waals surface area contributed by atoms with E-state index in [0.717, 1.165) is 0 Å². The molecule has 4 atom stereocenters. The average Bonchev–Trinajstić information content (AvgIpc) is 3.04. The first kappa shape index (κ1) is 16.3. The van der Waals surface area contributed by atoms with Crippen molar-refractivity contribution in [3.63, 3.8) is 0 Å². The summed E-state index contributed by atoms with van der Waals surface area (Å²) in [6.07, 6.45) is -2.37. The van der Waals surface area contributed by atoms with Crippen LogP contribution in [0.25, 0.3) is 11.2 Å². The lowest BCUT2D eigenvalue weighted by molar-refractivity contribution is -0.0580. The number of aliphatic hydroxyl groups is 2. The third-order valence-electron chi connectivity index (χ3n) is 3.54. The van der Waals surface area contributed by atoms with Crippen molar-refractivity contribution in [3.05, 3.63) is 11.6 Å². The number of aromatic nitrogens is 4. The molecule has 2 aromatic rings. The first-order valence-electron chi connectivity index (χ1n) is 6.76. The van der Waals surface area contributed by atoms with Crippen molar-refractivity contribution in [1.29, 1.82) is 0 Å². The molecule has 11 heteroatoms. The highest BCUT2D eigenvalue weighted by Gasteiger charge is 2.44. The van der Waals surface area contributed by atoms with E-state index in [1.807, 2.05) is 0 Å². The van der Waals surface area contributed by atoms with Gasteiger partial charge in [0.1, 0.15) is 18.3 Å². The summed E-state index contributed by atoms with van der Waals surface area (Å²) in [4.78, 5) is 17.1. The number of fused-ring (bicyclic) bond motifs is 1. The van der Waals surface area contributed by atoms with Gasteiger partial charge in [-0.3, -0.25) is 9.40 Å². The summed E-state index contributed by atoms with van der Waals surface area (Å²) in [7, 11) is 2.91. The number of halogens is 1. The summed E-state index contributed by atoms with van der Waals surface area (Å²) < 4.78 is 12.1. The van der Waals surface area contributed by atoms with Crippen LogP contribution in [-0.4, -0.2) is 68.9 Å². The van der Waals surface area contributed by atoms with Crippen LogP contribution in [0.5, 0.6) is 0 Å². The van der Waals surface area contributed by atoms with Crippen molar-refractivity contribution in [2.75, 3.05) is 26.3 Å². The van der Waals surface area contributed by atoms with Gasteiger partial charge in [0, 0.05) is 7.11 Å². The van der Waals surface area contributed by atoms with E-state index in [0.29, 0.717) is 11.2 Å². The smallest absolute Gasteiger partial charge is 0.226 e. The van der Waals surface area contributed by atoms with E-state index < -0.39 is 24.5 Å². The Kier molecular flexibility index (Phi) is 4.62. The number of imidazole rings is 1. The van der Waals surface area contributed by atoms with Crippen LogP contribution in [0.1, 0.15) is 6.23 Å². The number of ether oxygens (including phenoxy) is 2. The van der Waals surface area contributed by atoms with E-state index in [1.165, 1.54) is 25.1 Å². The standard InChI is InChI=1S/C12H16ClN5O5/c1-21-3-5-7(19)8(20)11(23-5)18-4-14-6-9(17-22-2)15-12(13)16-10(6)18/h4-5,7-8,11,19-20H,3H2,1-2H3,(H,15,16,17)/t5-,7?,8?,11-/m1/s1. The minimum absolute atomic E-state index is 0.0275. The molecule has 0 saturated carbocycles. The number of hydrogen-bond acceptors (Lipinski definition) is 9. The van der Waals surface area contributed by atoms with Gasteiger partial charge < -0.3 is 19.7 Å². The third kappa shape index (κ3) is 2.84. The maximum Gasteiger partial charge on any atom is 0.226 e. The lowest BCUT2D eigenvalue weighted by Gasteiger charge is -2.16. The number of nitrogens with one attached hydrogen (secondary N) is 1. The van der Waals surface area contributed by atoms with Gasteiger partial charge in [-0.15, -0.1) is 0 Å². The molecule has 0 amide bonds. The fourth-order valence-corrected chi connectivity index (χ4v) is 2.67. The maximum atomic E-state index is 10.2. The lowest BCUT2D eigenvalue weighted by atomic mass is 10.1. The number of anilines is 1. The first-order valence-corrected chi connectivity index (χ1v) is 7.14. The number of nitrogens with zero attached hydrogens (tertiary/aromatic N) is 4. The number of rotatable bonds is 5. The van der Waals surface area contributed by atoms with Gasteiger partial charge in [0.15, 0.2) is 23.2 Å². The summed E-state index contributed by atoms with van der Waals surface area (Å²) >= 11 is 5.91. The molecule has 3 rings (SSSR count). The van der Waals surface area contributed by atoms with Gasteiger partial charge in [-0.1, -0.05) is 0 Å². The van der Waals surface area contributed by atoms with Gasteiger partial charge in [-0.25, -0.2) is 10.5 Å². The second-order valence-corrected chi connectivity index (χ2v) is 5.31. The highest BCUT2D eigenvalue weighted by Crippen LogP contribution is 2.32. The third-order valence-corrected chi connectivity index (χ3v) is 3.70. The molecule has 0 spiro atoms. The number of aliphatic hydroxyl groups excluding tert-OH is 2. The molecule has 0 bridgehead atoms. The zero-order valence-electron chi connectivity index (χ0n) is 12.4. The molecule has 2 unspecified atom stereocenters. The fourth-order valence-electron chi connectivity index (χ4n) is 2.50. The number of hydrogen-bond donors (Lipinski definition) is 3. The van der Waals surface area contributed by atoms with Crippen LogP contribution in [0.4, 0.5) is 5.82 Å². The van der Waals surface area contributed by atoms with E-state index >= 15 is 0 Å². The van der Waals surface area contributed by atoms with Gasteiger partial charge in [0.05, 0.1) is 20.0 Å². The van der Waals surface area contributed by atoms with Crippen molar-refractivity contribution >= 4 is 28.6 Å². The SMILES string of the molecule is COC[C@H]1O[C@@H](n2cnc3c(NOC)nc(Cl)nc32)C(O)C1O. The first-order chi connectivity index (χ1) is 11.1. The molecule has 3 heterocycles. The molecule has 3 N–H and O–H groups in total. The van der Waals surface area contributed by atoms with Gasteiger partial charge >= 0.3 is 0 Å².